The van der Waals surface area contributed by atoms with Gasteiger partial charge in [0.2, 0.25) is 11.8 Å². The fourth-order valence-corrected chi connectivity index (χ4v) is 4.15. The van der Waals surface area contributed by atoms with Gasteiger partial charge in [0.25, 0.3) is 0 Å². The highest BCUT2D eigenvalue weighted by molar-refractivity contribution is 6.00. The molecule has 7 heteroatoms. The lowest BCUT2D eigenvalue weighted by Crippen LogP contribution is -2.68. The minimum Gasteiger partial charge on any atom is -0.447 e. The fraction of sp³-hybridized carbons (Fsp3) is 0.786. The predicted molar refractivity (Wildman–Crippen MR) is 73.2 cm³/mol. The summed E-state index contributed by atoms with van der Waals surface area (Å²) < 4.78 is 4.98. The molecule has 0 spiro atoms. The molecule has 0 aromatic heterocycles. The normalized spacial score (nSPS) is 32.9. The Kier molecular flexibility index (Phi) is 3.30. The lowest BCUT2D eigenvalue weighted by molar-refractivity contribution is -0.167. The largest absolute Gasteiger partial charge is 0.447 e. The molecular formula is C14H21N3O4. The van der Waals surface area contributed by atoms with Crippen molar-refractivity contribution in [1.29, 1.82) is 0 Å². The summed E-state index contributed by atoms with van der Waals surface area (Å²) in [5.41, 5.74) is 4.20. The second-order valence-electron chi connectivity index (χ2n) is 6.23. The molecular weight excluding hydrogens is 274 g/mol. The number of fused-ring (bicyclic) bond motifs is 2. The molecule has 7 nitrogen and oxygen atoms in total. The topological polar surface area (TPSA) is 92.9 Å². The predicted octanol–water partition coefficient (Wildman–Crippen LogP) is 0.226. The maximum atomic E-state index is 12.9. The average Bonchev–Trinajstić information content (AvgIpc) is 3.02. The quantitative estimate of drug-likeness (QED) is 0.806. The zero-order valence-electron chi connectivity index (χ0n) is 12.2. The molecule has 0 radical (unpaired) electrons. The third-order valence-electron chi connectivity index (χ3n) is 4.89. The first-order valence-electron chi connectivity index (χ1n) is 7.54. The molecule has 0 aliphatic carbocycles. The summed E-state index contributed by atoms with van der Waals surface area (Å²) in [6, 6.07) is -0.281. The van der Waals surface area contributed by atoms with Crippen molar-refractivity contribution in [3.63, 3.8) is 0 Å². The lowest BCUT2D eigenvalue weighted by Gasteiger charge is -2.47. The zero-order valence-corrected chi connectivity index (χ0v) is 12.2. The number of nitrogens with two attached hydrogens (primary N) is 1. The lowest BCUT2D eigenvalue weighted by atomic mass is 9.85. The van der Waals surface area contributed by atoms with Gasteiger partial charge in [-0.3, -0.25) is 9.59 Å². The van der Waals surface area contributed by atoms with E-state index in [-0.39, 0.29) is 17.9 Å². The highest BCUT2D eigenvalue weighted by Crippen LogP contribution is 2.42. The summed E-state index contributed by atoms with van der Waals surface area (Å²) in [6.07, 6.45) is 2.05. The first kappa shape index (κ1) is 14.2. The average molecular weight is 295 g/mol. The third-order valence-corrected chi connectivity index (χ3v) is 4.89. The molecule has 0 saturated carbocycles. The Morgan fingerprint density at radius 3 is 2.90 bits per heavy atom. The molecule has 2 N–H and O–H groups in total. The van der Waals surface area contributed by atoms with E-state index in [0.717, 1.165) is 19.3 Å². The summed E-state index contributed by atoms with van der Waals surface area (Å²) in [7, 11) is 0. The number of nitrogens with zero attached hydrogens (tertiary/aromatic N) is 2. The molecule has 3 atom stereocenters. The summed E-state index contributed by atoms with van der Waals surface area (Å²) in [6.45, 7) is 2.97. The molecule has 21 heavy (non-hydrogen) atoms. The van der Waals surface area contributed by atoms with Crippen LogP contribution >= 0.6 is 0 Å². The molecule has 0 bridgehead atoms. The highest BCUT2D eigenvalue weighted by atomic mass is 16.6. The first-order chi connectivity index (χ1) is 9.95. The molecule has 3 aliphatic rings. The standard InChI is InChI=1S/C14H21N3O4/c1-9(21-13(15)20)8-14-5-3-7-17(14)11(18)10-4-2-6-16(10)12(14)19/h9-10H,2-8H2,1H3,(H2,15,20)/t9-,10-,14+/m0/s1. The summed E-state index contributed by atoms with van der Waals surface area (Å²) in [4.78, 5) is 39.9. The Labute approximate surface area is 123 Å². The van der Waals surface area contributed by atoms with Crippen LogP contribution in [-0.2, 0) is 14.3 Å². The molecule has 3 aliphatic heterocycles. The highest BCUT2D eigenvalue weighted by Gasteiger charge is 2.59. The Morgan fingerprint density at radius 2 is 2.19 bits per heavy atom. The molecule has 3 rings (SSSR count). The van der Waals surface area contributed by atoms with Gasteiger partial charge in [0.15, 0.2) is 0 Å². The van der Waals surface area contributed by atoms with Gasteiger partial charge in [-0.05, 0) is 32.6 Å². The second-order valence-corrected chi connectivity index (χ2v) is 6.23. The molecule has 0 aromatic carbocycles. The molecule has 3 amide bonds. The Bertz CT molecular complexity index is 495. The van der Waals surface area contributed by atoms with Crippen LogP contribution in [0, 0.1) is 0 Å². The molecule has 116 valence electrons. The van der Waals surface area contributed by atoms with Crippen LogP contribution < -0.4 is 5.73 Å². The smallest absolute Gasteiger partial charge is 0.404 e. The number of hydrogen-bond donors (Lipinski definition) is 1. The van der Waals surface area contributed by atoms with Crippen LogP contribution in [0.1, 0.15) is 39.0 Å². The number of rotatable bonds is 3. The van der Waals surface area contributed by atoms with E-state index in [1.54, 1.807) is 16.7 Å². The molecule has 3 fully saturated rings. The van der Waals surface area contributed by atoms with Crippen LogP contribution in [0.3, 0.4) is 0 Å². The van der Waals surface area contributed by atoms with Crippen LogP contribution in [0.2, 0.25) is 0 Å². The van der Waals surface area contributed by atoms with Crippen LogP contribution in [0.15, 0.2) is 0 Å². The minimum atomic E-state index is -0.850. The van der Waals surface area contributed by atoms with Gasteiger partial charge in [0.1, 0.15) is 17.7 Å². The monoisotopic (exact) mass is 295 g/mol. The number of amides is 3. The van der Waals surface area contributed by atoms with Gasteiger partial charge in [0.05, 0.1) is 0 Å². The molecule has 3 saturated heterocycles. The number of ether oxygens (including phenoxy) is 1. The van der Waals surface area contributed by atoms with Gasteiger partial charge in [-0.1, -0.05) is 0 Å². The van der Waals surface area contributed by atoms with Gasteiger partial charge in [-0.2, -0.15) is 0 Å². The maximum absolute atomic E-state index is 12.9. The summed E-state index contributed by atoms with van der Waals surface area (Å²) >= 11 is 0. The fourth-order valence-electron chi connectivity index (χ4n) is 4.15. The van der Waals surface area contributed by atoms with E-state index in [4.69, 9.17) is 10.5 Å². The Hall–Kier alpha value is -1.79. The number of carbonyl (C=O) groups excluding carboxylic acids is 3. The molecule has 0 aromatic rings. The summed E-state index contributed by atoms with van der Waals surface area (Å²) in [5, 5.41) is 0. The van der Waals surface area contributed by atoms with Crippen LogP contribution in [0.5, 0.6) is 0 Å². The number of hydrogen-bond acceptors (Lipinski definition) is 4. The van der Waals surface area contributed by atoms with Gasteiger partial charge < -0.3 is 20.3 Å². The van der Waals surface area contributed by atoms with Gasteiger partial charge in [0, 0.05) is 19.5 Å². The van der Waals surface area contributed by atoms with Gasteiger partial charge in [-0.25, -0.2) is 4.79 Å². The Morgan fingerprint density at radius 1 is 1.43 bits per heavy atom. The SMILES string of the molecule is C[C@@H](C[C@@]12CCCN1C(=O)[C@@H]1CCCN1C2=O)OC(N)=O. The minimum absolute atomic E-state index is 0.0158. The first-order valence-corrected chi connectivity index (χ1v) is 7.54. The Balaban J connectivity index is 1.88. The van der Waals surface area contributed by atoms with E-state index < -0.39 is 17.7 Å². The van der Waals surface area contributed by atoms with E-state index in [0.29, 0.717) is 25.9 Å². The van der Waals surface area contributed by atoms with Crippen molar-refractivity contribution < 1.29 is 19.1 Å². The van der Waals surface area contributed by atoms with Crippen molar-refractivity contribution in [3.05, 3.63) is 0 Å². The van der Waals surface area contributed by atoms with Crippen molar-refractivity contribution in [2.24, 2.45) is 5.73 Å². The maximum Gasteiger partial charge on any atom is 0.404 e. The van der Waals surface area contributed by atoms with E-state index in [2.05, 4.69) is 0 Å². The third kappa shape index (κ3) is 2.06. The van der Waals surface area contributed by atoms with Crippen molar-refractivity contribution >= 4 is 17.9 Å². The van der Waals surface area contributed by atoms with Crippen molar-refractivity contribution in [3.8, 4) is 0 Å². The van der Waals surface area contributed by atoms with E-state index in [1.807, 2.05) is 0 Å². The summed E-state index contributed by atoms with van der Waals surface area (Å²) in [5.74, 6) is 0.0675. The van der Waals surface area contributed by atoms with E-state index >= 15 is 0 Å². The van der Waals surface area contributed by atoms with Gasteiger partial charge >= 0.3 is 6.09 Å². The van der Waals surface area contributed by atoms with E-state index in [9.17, 15) is 14.4 Å². The number of primary amides is 1. The van der Waals surface area contributed by atoms with Crippen LogP contribution in [0.25, 0.3) is 0 Å². The molecule has 3 heterocycles. The second kappa shape index (κ2) is 4.89. The number of carbonyl (C=O) groups is 3. The van der Waals surface area contributed by atoms with E-state index in [1.165, 1.54) is 0 Å². The van der Waals surface area contributed by atoms with Crippen LogP contribution in [-0.4, -0.2) is 58.5 Å². The zero-order chi connectivity index (χ0) is 15.2. The molecule has 0 unspecified atom stereocenters. The number of piperazine rings is 1. The van der Waals surface area contributed by atoms with Crippen LogP contribution in [0.4, 0.5) is 4.79 Å². The van der Waals surface area contributed by atoms with Gasteiger partial charge in [-0.15, -0.1) is 0 Å². The van der Waals surface area contributed by atoms with Crippen molar-refractivity contribution in [2.45, 2.75) is 56.7 Å². The van der Waals surface area contributed by atoms with Crippen molar-refractivity contribution in [2.75, 3.05) is 13.1 Å². The van der Waals surface area contributed by atoms with Crippen molar-refractivity contribution in [1.82, 2.24) is 9.80 Å².